The number of benzene rings is 2. The Bertz CT molecular complexity index is 653. The molecule has 0 fully saturated rings. The fourth-order valence-corrected chi connectivity index (χ4v) is 2.78. The van der Waals surface area contributed by atoms with Crippen molar-refractivity contribution >= 4 is 5.91 Å². The number of nitrogens with two attached hydrogens (primary N) is 1. The largest absolute Gasteiger partial charge is 0.350 e. The molecule has 4 nitrogen and oxygen atoms in total. The molecule has 3 N–H and O–H groups in total. The molecule has 2 rings (SSSR count). The summed E-state index contributed by atoms with van der Waals surface area (Å²) in [7, 11) is 0. The van der Waals surface area contributed by atoms with E-state index in [-0.39, 0.29) is 11.9 Å². The van der Waals surface area contributed by atoms with Crippen LogP contribution in [0.1, 0.15) is 48.3 Å². The molecule has 25 heavy (non-hydrogen) atoms. The molecule has 4 heteroatoms. The number of rotatable bonds is 8. The summed E-state index contributed by atoms with van der Waals surface area (Å²) in [6, 6.07) is 17.9. The Hall–Kier alpha value is -2.17. The second-order valence-corrected chi connectivity index (χ2v) is 6.58. The maximum atomic E-state index is 12.3. The summed E-state index contributed by atoms with van der Waals surface area (Å²) in [6.07, 6.45) is 0. The van der Waals surface area contributed by atoms with Crippen molar-refractivity contribution in [2.45, 2.75) is 39.4 Å². The lowest BCUT2D eigenvalue weighted by Crippen LogP contribution is -2.32. The predicted octanol–water partition coefficient (Wildman–Crippen LogP) is 3.35. The van der Waals surface area contributed by atoms with Crippen LogP contribution >= 0.6 is 0 Å². The molecule has 1 atom stereocenters. The molecule has 0 bridgehead atoms. The summed E-state index contributed by atoms with van der Waals surface area (Å²) in [4.78, 5) is 14.7. The van der Waals surface area contributed by atoms with Crippen LogP contribution in [0, 0.1) is 0 Å². The topological polar surface area (TPSA) is 58.4 Å². The minimum Gasteiger partial charge on any atom is -0.350 e. The quantitative estimate of drug-likeness (QED) is 0.775. The summed E-state index contributed by atoms with van der Waals surface area (Å²) in [6.45, 7) is 8.88. The SMILES string of the molecule is CCN(Cc1ccc(C(=O)NCC(N)c2ccccc2)cc1)C(C)C. The molecule has 1 unspecified atom stereocenters. The first kappa shape index (κ1) is 19.2. The van der Waals surface area contributed by atoms with E-state index in [1.165, 1.54) is 5.56 Å². The van der Waals surface area contributed by atoms with Crippen LogP contribution in [0.4, 0.5) is 0 Å². The van der Waals surface area contributed by atoms with Gasteiger partial charge in [-0.15, -0.1) is 0 Å². The third-order valence-electron chi connectivity index (χ3n) is 4.45. The standard InChI is InChI=1S/C21H29N3O/c1-4-24(16(2)3)15-17-10-12-19(13-11-17)21(25)23-14-20(22)18-8-6-5-7-9-18/h5-13,16,20H,4,14-15,22H2,1-3H3,(H,23,25). The van der Waals surface area contributed by atoms with Gasteiger partial charge in [-0.3, -0.25) is 9.69 Å². The molecular weight excluding hydrogens is 310 g/mol. The maximum absolute atomic E-state index is 12.3. The zero-order valence-corrected chi connectivity index (χ0v) is 15.4. The van der Waals surface area contributed by atoms with Crippen LogP contribution in [0.25, 0.3) is 0 Å². The molecule has 0 aromatic heterocycles. The van der Waals surface area contributed by atoms with Crippen molar-refractivity contribution in [2.75, 3.05) is 13.1 Å². The van der Waals surface area contributed by atoms with Crippen LogP contribution in [0.2, 0.25) is 0 Å². The first-order valence-electron chi connectivity index (χ1n) is 8.93. The molecule has 0 aliphatic rings. The first-order chi connectivity index (χ1) is 12.0. The molecule has 0 aliphatic heterocycles. The molecule has 0 aliphatic carbocycles. The highest BCUT2D eigenvalue weighted by atomic mass is 16.1. The molecule has 0 saturated carbocycles. The summed E-state index contributed by atoms with van der Waals surface area (Å²) < 4.78 is 0. The van der Waals surface area contributed by atoms with Crippen molar-refractivity contribution in [1.82, 2.24) is 10.2 Å². The lowest BCUT2D eigenvalue weighted by molar-refractivity contribution is 0.0951. The van der Waals surface area contributed by atoms with Gasteiger partial charge in [-0.25, -0.2) is 0 Å². The van der Waals surface area contributed by atoms with E-state index in [4.69, 9.17) is 5.73 Å². The molecule has 0 spiro atoms. The van der Waals surface area contributed by atoms with Crippen LogP contribution in [0.15, 0.2) is 54.6 Å². The summed E-state index contributed by atoms with van der Waals surface area (Å²) in [5, 5.41) is 2.91. The number of carbonyl (C=O) groups is 1. The zero-order valence-electron chi connectivity index (χ0n) is 15.4. The van der Waals surface area contributed by atoms with Gasteiger partial charge in [0, 0.05) is 30.7 Å². The summed E-state index contributed by atoms with van der Waals surface area (Å²) in [5.74, 6) is -0.0888. The van der Waals surface area contributed by atoms with E-state index in [9.17, 15) is 4.79 Å². The number of nitrogens with one attached hydrogen (secondary N) is 1. The number of hydrogen-bond donors (Lipinski definition) is 2. The average Bonchev–Trinajstić information content (AvgIpc) is 2.64. The minimum atomic E-state index is -0.200. The normalized spacial score (nSPS) is 12.4. The van der Waals surface area contributed by atoms with Crippen LogP contribution in [-0.4, -0.2) is 29.9 Å². The molecule has 1 amide bonds. The Labute approximate surface area is 151 Å². The molecule has 134 valence electrons. The molecule has 0 radical (unpaired) electrons. The van der Waals surface area contributed by atoms with Crippen molar-refractivity contribution in [3.63, 3.8) is 0 Å². The molecular formula is C21H29N3O. The maximum Gasteiger partial charge on any atom is 0.251 e. The molecule has 0 saturated heterocycles. The lowest BCUT2D eigenvalue weighted by Gasteiger charge is -2.24. The van der Waals surface area contributed by atoms with E-state index in [0.717, 1.165) is 18.7 Å². The monoisotopic (exact) mass is 339 g/mol. The lowest BCUT2D eigenvalue weighted by atomic mass is 10.1. The zero-order chi connectivity index (χ0) is 18.2. The van der Waals surface area contributed by atoms with Gasteiger partial charge >= 0.3 is 0 Å². The van der Waals surface area contributed by atoms with Gasteiger partial charge in [0.2, 0.25) is 0 Å². The third-order valence-corrected chi connectivity index (χ3v) is 4.45. The Morgan fingerprint density at radius 1 is 1.08 bits per heavy atom. The van der Waals surface area contributed by atoms with Gasteiger partial charge in [-0.1, -0.05) is 49.4 Å². The highest BCUT2D eigenvalue weighted by molar-refractivity contribution is 5.94. The molecule has 2 aromatic rings. The predicted molar refractivity (Wildman–Crippen MR) is 103 cm³/mol. The van der Waals surface area contributed by atoms with Gasteiger partial charge in [-0.05, 0) is 43.7 Å². The van der Waals surface area contributed by atoms with Gasteiger partial charge in [0.15, 0.2) is 0 Å². The fraction of sp³-hybridized carbons (Fsp3) is 0.381. The van der Waals surface area contributed by atoms with Gasteiger partial charge in [0.05, 0.1) is 0 Å². The van der Waals surface area contributed by atoms with Crippen molar-refractivity contribution in [2.24, 2.45) is 5.73 Å². The van der Waals surface area contributed by atoms with Crippen molar-refractivity contribution < 1.29 is 4.79 Å². The van der Waals surface area contributed by atoms with E-state index in [2.05, 4.69) is 31.0 Å². The fourth-order valence-electron chi connectivity index (χ4n) is 2.78. The van der Waals surface area contributed by atoms with Crippen LogP contribution in [0.5, 0.6) is 0 Å². The first-order valence-corrected chi connectivity index (χ1v) is 8.93. The van der Waals surface area contributed by atoms with Crippen LogP contribution in [0.3, 0.4) is 0 Å². The number of amides is 1. The number of carbonyl (C=O) groups excluding carboxylic acids is 1. The van der Waals surface area contributed by atoms with E-state index in [1.807, 2.05) is 54.6 Å². The summed E-state index contributed by atoms with van der Waals surface area (Å²) >= 11 is 0. The Morgan fingerprint density at radius 3 is 2.28 bits per heavy atom. The number of nitrogens with zero attached hydrogens (tertiary/aromatic N) is 1. The number of hydrogen-bond acceptors (Lipinski definition) is 3. The van der Waals surface area contributed by atoms with Crippen LogP contribution < -0.4 is 11.1 Å². The van der Waals surface area contributed by atoms with E-state index in [1.54, 1.807) is 0 Å². The van der Waals surface area contributed by atoms with Gasteiger partial charge in [0.25, 0.3) is 5.91 Å². The van der Waals surface area contributed by atoms with E-state index < -0.39 is 0 Å². The smallest absolute Gasteiger partial charge is 0.251 e. The van der Waals surface area contributed by atoms with Crippen molar-refractivity contribution in [1.29, 1.82) is 0 Å². The second kappa shape index (κ2) is 9.35. The average molecular weight is 339 g/mol. The minimum absolute atomic E-state index is 0.0888. The Morgan fingerprint density at radius 2 is 1.72 bits per heavy atom. The van der Waals surface area contributed by atoms with E-state index in [0.29, 0.717) is 18.2 Å². The second-order valence-electron chi connectivity index (χ2n) is 6.58. The Balaban J connectivity index is 1.90. The van der Waals surface area contributed by atoms with Crippen LogP contribution in [-0.2, 0) is 6.54 Å². The highest BCUT2D eigenvalue weighted by Crippen LogP contribution is 2.11. The summed E-state index contributed by atoms with van der Waals surface area (Å²) in [5.41, 5.74) is 9.02. The molecule has 0 heterocycles. The third kappa shape index (κ3) is 5.69. The van der Waals surface area contributed by atoms with Gasteiger partial charge in [0.1, 0.15) is 0 Å². The highest BCUT2D eigenvalue weighted by Gasteiger charge is 2.11. The van der Waals surface area contributed by atoms with Crippen molar-refractivity contribution in [3.8, 4) is 0 Å². The molecule has 2 aromatic carbocycles. The Kier molecular flexibility index (Phi) is 7.16. The van der Waals surface area contributed by atoms with E-state index >= 15 is 0 Å². The van der Waals surface area contributed by atoms with Crippen molar-refractivity contribution in [3.05, 3.63) is 71.3 Å². The van der Waals surface area contributed by atoms with Gasteiger partial charge in [-0.2, -0.15) is 0 Å². The van der Waals surface area contributed by atoms with Gasteiger partial charge < -0.3 is 11.1 Å².